The topological polar surface area (TPSA) is 64.3 Å². The molecule has 0 rings (SSSR count). The van der Waals surface area contributed by atoms with Crippen LogP contribution in [0.1, 0.15) is 54.4 Å². The van der Waals surface area contributed by atoms with Gasteiger partial charge in [-0.15, -0.1) is 0 Å². The minimum atomic E-state index is -0.467. The molecule has 0 aliphatic heterocycles. The van der Waals surface area contributed by atoms with Crippen molar-refractivity contribution in [1.29, 1.82) is 0 Å². The van der Waals surface area contributed by atoms with E-state index in [2.05, 4.69) is 25.2 Å². The van der Waals surface area contributed by atoms with Gasteiger partial charge in [0, 0.05) is 6.54 Å². The van der Waals surface area contributed by atoms with Gasteiger partial charge in [-0.05, 0) is 59.9 Å². The maximum atomic E-state index is 11.5. The lowest BCUT2D eigenvalue weighted by Crippen LogP contribution is -2.33. The number of nitrogens with one attached hydrogen (secondary N) is 1. The summed E-state index contributed by atoms with van der Waals surface area (Å²) in [4.78, 5) is 11.5. The number of amides is 1. The molecule has 0 aromatic rings. The third kappa shape index (κ3) is 13.8. The van der Waals surface area contributed by atoms with Crippen LogP contribution in [0.4, 0.5) is 4.79 Å². The van der Waals surface area contributed by atoms with E-state index in [-0.39, 0.29) is 6.09 Å². The molecule has 0 aromatic heterocycles. The Morgan fingerprint density at radius 2 is 1.74 bits per heavy atom. The lowest BCUT2D eigenvalue weighted by Gasteiger charge is -2.19. The maximum absolute atomic E-state index is 11.5. The molecule has 23 heavy (non-hydrogen) atoms. The van der Waals surface area contributed by atoms with Gasteiger partial charge in [-0.25, -0.2) is 4.79 Å². The molecule has 0 saturated carbocycles. The van der Waals surface area contributed by atoms with E-state index in [1.165, 1.54) is 5.57 Å². The molecule has 0 aliphatic rings. The number of ether oxygens (including phenoxy) is 1. The minimum Gasteiger partial charge on any atom is -0.444 e. The van der Waals surface area contributed by atoms with Crippen molar-refractivity contribution >= 4 is 6.09 Å². The summed E-state index contributed by atoms with van der Waals surface area (Å²) < 4.78 is 5.19. The second kappa shape index (κ2) is 11.1. The Bertz CT molecular complexity index is 443. The van der Waals surface area contributed by atoms with Crippen LogP contribution in [0.3, 0.4) is 0 Å². The molecule has 1 unspecified atom stereocenters. The zero-order chi connectivity index (χ0) is 17.9. The highest BCUT2D eigenvalue weighted by Crippen LogP contribution is 2.10. The number of allylic oxidation sites excluding steroid dienone is 5. The average molecular weight is 322 g/mol. The summed E-state index contributed by atoms with van der Waals surface area (Å²) in [6.07, 6.45) is 9.94. The second-order valence-corrected chi connectivity index (χ2v) is 7.15. The number of nitrogens with two attached hydrogens (primary N) is 1. The van der Waals surface area contributed by atoms with Crippen molar-refractivity contribution in [3.05, 3.63) is 35.5 Å². The third-order valence-electron chi connectivity index (χ3n) is 3.22. The fourth-order valence-electron chi connectivity index (χ4n) is 1.70. The summed E-state index contributed by atoms with van der Waals surface area (Å²) >= 11 is 0. The first-order valence-corrected chi connectivity index (χ1v) is 8.30. The van der Waals surface area contributed by atoms with Crippen molar-refractivity contribution in [3.63, 3.8) is 0 Å². The highest BCUT2D eigenvalue weighted by atomic mass is 16.6. The Morgan fingerprint density at radius 3 is 2.26 bits per heavy atom. The molecule has 0 spiro atoms. The van der Waals surface area contributed by atoms with Gasteiger partial charge in [0.05, 0.1) is 0 Å². The molecule has 0 aliphatic carbocycles. The van der Waals surface area contributed by atoms with Crippen molar-refractivity contribution in [1.82, 2.24) is 5.32 Å². The summed E-state index contributed by atoms with van der Waals surface area (Å²) in [6, 6.07) is 0. The lowest BCUT2D eigenvalue weighted by atomic mass is 10.0. The van der Waals surface area contributed by atoms with Crippen LogP contribution in [0.2, 0.25) is 0 Å². The summed E-state index contributed by atoms with van der Waals surface area (Å²) in [5, 5.41) is 2.74. The molecule has 1 amide bonds. The molecule has 3 N–H and O–H groups in total. The van der Waals surface area contributed by atoms with E-state index >= 15 is 0 Å². The Labute approximate surface area is 141 Å². The van der Waals surface area contributed by atoms with Gasteiger partial charge in [0.2, 0.25) is 0 Å². The first kappa shape index (κ1) is 21.4. The van der Waals surface area contributed by atoms with E-state index in [4.69, 9.17) is 10.5 Å². The summed E-state index contributed by atoms with van der Waals surface area (Å²) in [6.45, 7) is 13.1. The Kier molecular flexibility index (Phi) is 10.3. The normalized spacial score (nSPS) is 14.9. The summed E-state index contributed by atoms with van der Waals surface area (Å²) in [5.74, 6) is 0.573. The lowest BCUT2D eigenvalue weighted by molar-refractivity contribution is 0.0532. The number of alkyl carbamates (subject to hydrolysis) is 1. The van der Waals surface area contributed by atoms with Gasteiger partial charge in [-0.3, -0.25) is 0 Å². The minimum absolute atomic E-state index is 0.390. The van der Waals surface area contributed by atoms with Crippen LogP contribution >= 0.6 is 0 Å². The molecule has 0 bridgehead atoms. The van der Waals surface area contributed by atoms with Crippen molar-refractivity contribution in [2.75, 3.05) is 13.1 Å². The van der Waals surface area contributed by atoms with Crippen LogP contribution in [0.15, 0.2) is 35.5 Å². The van der Waals surface area contributed by atoms with E-state index in [1.807, 2.05) is 45.9 Å². The Hall–Kier alpha value is -1.55. The van der Waals surface area contributed by atoms with E-state index in [0.717, 1.165) is 25.0 Å². The maximum Gasteiger partial charge on any atom is 0.407 e. The molecule has 132 valence electrons. The van der Waals surface area contributed by atoms with Gasteiger partial charge in [-0.2, -0.15) is 0 Å². The van der Waals surface area contributed by atoms with E-state index in [1.54, 1.807) is 0 Å². The fraction of sp³-hybridized carbons (Fsp3) is 0.632. The quantitative estimate of drug-likeness (QED) is 0.654. The number of carbonyl (C=O) groups excluding carboxylic acids is 1. The molecular formula is C19H34N2O2. The first-order chi connectivity index (χ1) is 10.6. The van der Waals surface area contributed by atoms with E-state index in [9.17, 15) is 4.79 Å². The molecule has 0 radical (unpaired) electrons. The Balaban J connectivity index is 4.15. The number of rotatable bonds is 8. The van der Waals surface area contributed by atoms with Gasteiger partial charge in [0.15, 0.2) is 0 Å². The van der Waals surface area contributed by atoms with Crippen LogP contribution in [0, 0.1) is 5.92 Å². The van der Waals surface area contributed by atoms with Gasteiger partial charge < -0.3 is 15.8 Å². The number of hydrogen-bond donors (Lipinski definition) is 2. The molecule has 0 heterocycles. The third-order valence-corrected chi connectivity index (χ3v) is 3.22. The zero-order valence-electron chi connectivity index (χ0n) is 15.6. The summed E-state index contributed by atoms with van der Waals surface area (Å²) in [7, 11) is 0. The number of carbonyl (C=O) groups is 1. The molecule has 0 saturated heterocycles. The highest BCUT2D eigenvalue weighted by molar-refractivity contribution is 5.68. The predicted molar refractivity (Wildman–Crippen MR) is 98.3 cm³/mol. The van der Waals surface area contributed by atoms with Crippen molar-refractivity contribution in [2.24, 2.45) is 11.7 Å². The van der Waals surface area contributed by atoms with Crippen LogP contribution in [0.5, 0.6) is 0 Å². The van der Waals surface area contributed by atoms with Gasteiger partial charge in [0.25, 0.3) is 0 Å². The average Bonchev–Trinajstić information content (AvgIpc) is 2.45. The first-order valence-electron chi connectivity index (χ1n) is 8.30. The van der Waals surface area contributed by atoms with E-state index in [0.29, 0.717) is 12.5 Å². The SMILES string of the molecule is C\C(=C/C=C\C=C(/C)CNC(=O)OC(C)(C)C)CCC(C)CN. The van der Waals surface area contributed by atoms with Gasteiger partial charge >= 0.3 is 6.09 Å². The number of hydrogen-bond acceptors (Lipinski definition) is 3. The van der Waals surface area contributed by atoms with E-state index < -0.39 is 5.60 Å². The van der Waals surface area contributed by atoms with Crippen LogP contribution < -0.4 is 11.1 Å². The predicted octanol–water partition coefficient (Wildman–Crippen LogP) is 4.33. The standard InChI is InChI=1S/C19H34N2O2/c1-15(11-12-16(2)13-20)9-7-8-10-17(3)14-21-18(22)23-19(4,5)6/h7-10,16H,11-14,20H2,1-6H3,(H,21,22)/b8-7-,15-9+,17-10+. The highest BCUT2D eigenvalue weighted by Gasteiger charge is 2.15. The largest absolute Gasteiger partial charge is 0.444 e. The fourth-order valence-corrected chi connectivity index (χ4v) is 1.70. The molecule has 0 fully saturated rings. The molecule has 0 aromatic carbocycles. The molecule has 1 atom stereocenters. The van der Waals surface area contributed by atoms with Crippen LogP contribution in [-0.4, -0.2) is 24.8 Å². The smallest absolute Gasteiger partial charge is 0.407 e. The molecular weight excluding hydrogens is 288 g/mol. The monoisotopic (exact) mass is 322 g/mol. The van der Waals surface area contributed by atoms with Gasteiger partial charge in [-0.1, -0.05) is 42.4 Å². The van der Waals surface area contributed by atoms with Gasteiger partial charge in [0.1, 0.15) is 5.60 Å². The van der Waals surface area contributed by atoms with Crippen molar-refractivity contribution in [2.45, 2.75) is 60.0 Å². The van der Waals surface area contributed by atoms with Crippen molar-refractivity contribution < 1.29 is 9.53 Å². The van der Waals surface area contributed by atoms with Crippen LogP contribution in [-0.2, 0) is 4.74 Å². The zero-order valence-corrected chi connectivity index (χ0v) is 15.6. The summed E-state index contributed by atoms with van der Waals surface area (Å²) in [5.41, 5.74) is 7.56. The van der Waals surface area contributed by atoms with Crippen molar-refractivity contribution in [3.8, 4) is 0 Å². The molecule has 4 heteroatoms. The van der Waals surface area contributed by atoms with Crippen LogP contribution in [0.25, 0.3) is 0 Å². The second-order valence-electron chi connectivity index (χ2n) is 7.15. The Morgan fingerprint density at radius 1 is 1.17 bits per heavy atom. The molecule has 4 nitrogen and oxygen atoms in total.